The SMILES string of the molecule is COc1ccc(C2/C(=C(\O)c3cc(C)cc(C)c3OC)C(=O)C(=O)N2c2ccc(C)cc2C)cc1. The minimum atomic E-state index is -0.826. The number of methoxy groups -OCH3 is 2. The van der Waals surface area contributed by atoms with Gasteiger partial charge in [0, 0.05) is 5.69 Å². The van der Waals surface area contributed by atoms with Gasteiger partial charge in [0.25, 0.3) is 11.7 Å². The average molecular weight is 472 g/mol. The standard InChI is InChI=1S/C29H29NO5/c1-16-7-12-23(18(3)13-16)30-25(20-8-10-21(34-5)11-9-20)24(27(32)29(30)33)26(31)22-15-17(2)14-19(4)28(22)35-6/h7-15,25,31H,1-6H3/b26-24+. The van der Waals surface area contributed by atoms with Crippen LogP contribution >= 0.6 is 0 Å². The number of hydrogen-bond acceptors (Lipinski definition) is 5. The van der Waals surface area contributed by atoms with Crippen molar-refractivity contribution in [2.75, 3.05) is 19.1 Å². The number of anilines is 1. The zero-order valence-corrected chi connectivity index (χ0v) is 20.8. The van der Waals surface area contributed by atoms with Crippen LogP contribution in [-0.2, 0) is 9.59 Å². The Balaban J connectivity index is 2.01. The van der Waals surface area contributed by atoms with Crippen molar-refractivity contribution in [1.29, 1.82) is 0 Å². The molecule has 1 atom stereocenters. The van der Waals surface area contributed by atoms with Crippen LogP contribution in [0.2, 0.25) is 0 Å². The quantitative estimate of drug-likeness (QED) is 0.299. The van der Waals surface area contributed by atoms with E-state index in [1.807, 2.05) is 52.0 Å². The smallest absolute Gasteiger partial charge is 0.300 e. The Bertz CT molecular complexity index is 1350. The summed E-state index contributed by atoms with van der Waals surface area (Å²) in [5, 5.41) is 11.6. The van der Waals surface area contributed by atoms with E-state index in [4.69, 9.17) is 9.47 Å². The molecule has 35 heavy (non-hydrogen) atoms. The highest BCUT2D eigenvalue weighted by Crippen LogP contribution is 2.45. The largest absolute Gasteiger partial charge is 0.507 e. The van der Waals surface area contributed by atoms with E-state index in [2.05, 4.69) is 0 Å². The number of nitrogens with zero attached hydrogens (tertiary/aromatic N) is 1. The Morgan fingerprint density at radius 3 is 2.09 bits per heavy atom. The number of aryl methyl sites for hydroxylation is 4. The molecule has 1 N–H and O–H groups in total. The molecule has 0 saturated carbocycles. The fraction of sp³-hybridized carbons (Fsp3) is 0.241. The van der Waals surface area contributed by atoms with Gasteiger partial charge in [-0.15, -0.1) is 0 Å². The molecule has 4 rings (SSSR count). The van der Waals surface area contributed by atoms with Crippen molar-refractivity contribution in [3.8, 4) is 11.5 Å². The second-order valence-electron chi connectivity index (χ2n) is 8.89. The number of carbonyl (C=O) groups excluding carboxylic acids is 2. The zero-order chi connectivity index (χ0) is 25.4. The number of ketones is 1. The van der Waals surface area contributed by atoms with E-state index in [1.54, 1.807) is 37.4 Å². The van der Waals surface area contributed by atoms with E-state index in [0.29, 0.717) is 28.3 Å². The Morgan fingerprint density at radius 1 is 0.829 bits per heavy atom. The lowest BCUT2D eigenvalue weighted by molar-refractivity contribution is -0.132. The highest BCUT2D eigenvalue weighted by atomic mass is 16.5. The fourth-order valence-corrected chi connectivity index (χ4v) is 4.80. The van der Waals surface area contributed by atoms with Gasteiger partial charge in [-0.2, -0.15) is 0 Å². The summed E-state index contributed by atoms with van der Waals surface area (Å²) in [6, 6.07) is 15.7. The van der Waals surface area contributed by atoms with E-state index < -0.39 is 17.7 Å². The van der Waals surface area contributed by atoms with Crippen LogP contribution in [0.5, 0.6) is 11.5 Å². The van der Waals surface area contributed by atoms with Crippen molar-refractivity contribution in [3.05, 3.63) is 93.6 Å². The van der Waals surface area contributed by atoms with Crippen LogP contribution in [0.15, 0.2) is 60.2 Å². The molecule has 1 heterocycles. The maximum Gasteiger partial charge on any atom is 0.300 e. The minimum Gasteiger partial charge on any atom is -0.507 e. The van der Waals surface area contributed by atoms with Crippen LogP contribution in [0.3, 0.4) is 0 Å². The maximum atomic E-state index is 13.5. The van der Waals surface area contributed by atoms with Gasteiger partial charge in [0.2, 0.25) is 0 Å². The van der Waals surface area contributed by atoms with Gasteiger partial charge in [-0.25, -0.2) is 0 Å². The molecule has 0 spiro atoms. The number of amides is 1. The highest BCUT2D eigenvalue weighted by molar-refractivity contribution is 6.51. The van der Waals surface area contributed by atoms with Crippen molar-refractivity contribution in [2.24, 2.45) is 0 Å². The minimum absolute atomic E-state index is 0.0171. The summed E-state index contributed by atoms with van der Waals surface area (Å²) >= 11 is 0. The summed E-state index contributed by atoms with van der Waals surface area (Å²) in [6.07, 6.45) is 0. The number of aliphatic hydroxyl groups is 1. The molecule has 1 aliphatic rings. The fourth-order valence-electron chi connectivity index (χ4n) is 4.80. The number of rotatable bonds is 5. The first-order chi connectivity index (χ1) is 16.7. The van der Waals surface area contributed by atoms with Gasteiger partial charge in [0.1, 0.15) is 17.3 Å². The van der Waals surface area contributed by atoms with E-state index in [9.17, 15) is 14.7 Å². The van der Waals surface area contributed by atoms with Crippen molar-refractivity contribution < 1.29 is 24.2 Å². The molecule has 3 aromatic carbocycles. The van der Waals surface area contributed by atoms with Gasteiger partial charge in [0.05, 0.1) is 31.4 Å². The molecule has 180 valence electrons. The third kappa shape index (κ3) is 4.16. The Morgan fingerprint density at radius 2 is 1.49 bits per heavy atom. The Hall–Kier alpha value is -4.06. The molecule has 1 aliphatic heterocycles. The summed E-state index contributed by atoms with van der Waals surface area (Å²) in [7, 11) is 3.09. The molecule has 6 nitrogen and oxygen atoms in total. The molecular formula is C29H29NO5. The molecule has 1 fully saturated rings. The van der Waals surface area contributed by atoms with Gasteiger partial charge in [-0.1, -0.05) is 35.9 Å². The predicted octanol–water partition coefficient (Wildman–Crippen LogP) is 5.56. The summed E-state index contributed by atoms with van der Waals surface area (Å²) in [5.74, 6) is -0.597. The molecule has 0 radical (unpaired) electrons. The molecule has 6 heteroatoms. The summed E-state index contributed by atoms with van der Waals surface area (Å²) in [5.41, 5.74) is 5.30. The summed E-state index contributed by atoms with van der Waals surface area (Å²) in [4.78, 5) is 28.4. The Labute approximate surface area is 205 Å². The number of hydrogen-bond donors (Lipinski definition) is 1. The maximum absolute atomic E-state index is 13.5. The number of ether oxygens (including phenoxy) is 2. The lowest BCUT2D eigenvalue weighted by Gasteiger charge is -2.27. The molecule has 0 aliphatic carbocycles. The van der Waals surface area contributed by atoms with Crippen LogP contribution in [-0.4, -0.2) is 31.0 Å². The molecular weight excluding hydrogens is 442 g/mol. The number of Topliss-reactive ketones (excluding diaryl/α,β-unsaturated/α-hetero) is 1. The third-order valence-corrected chi connectivity index (χ3v) is 6.37. The highest BCUT2D eigenvalue weighted by Gasteiger charge is 2.47. The first-order valence-corrected chi connectivity index (χ1v) is 11.4. The van der Waals surface area contributed by atoms with Crippen molar-refractivity contribution in [3.63, 3.8) is 0 Å². The summed E-state index contributed by atoms with van der Waals surface area (Å²) < 4.78 is 10.9. The number of benzene rings is 3. The van der Waals surface area contributed by atoms with E-state index in [1.165, 1.54) is 12.0 Å². The third-order valence-electron chi connectivity index (χ3n) is 6.37. The molecule has 1 amide bonds. The second-order valence-corrected chi connectivity index (χ2v) is 8.89. The van der Waals surface area contributed by atoms with Crippen LogP contribution in [0.4, 0.5) is 5.69 Å². The van der Waals surface area contributed by atoms with Gasteiger partial charge in [-0.05, 0) is 74.2 Å². The predicted molar refractivity (Wildman–Crippen MR) is 136 cm³/mol. The monoisotopic (exact) mass is 471 g/mol. The van der Waals surface area contributed by atoms with Gasteiger partial charge in [0.15, 0.2) is 0 Å². The summed E-state index contributed by atoms with van der Waals surface area (Å²) in [6.45, 7) is 7.65. The average Bonchev–Trinajstić information content (AvgIpc) is 3.08. The second kappa shape index (κ2) is 9.29. The topological polar surface area (TPSA) is 76.1 Å². The Kier molecular flexibility index (Phi) is 6.39. The number of aliphatic hydroxyl groups excluding tert-OH is 1. The normalized spacial score (nSPS) is 17.1. The van der Waals surface area contributed by atoms with Gasteiger partial charge >= 0.3 is 0 Å². The molecule has 1 saturated heterocycles. The van der Waals surface area contributed by atoms with E-state index >= 15 is 0 Å². The van der Waals surface area contributed by atoms with Gasteiger partial charge < -0.3 is 14.6 Å². The first-order valence-electron chi connectivity index (χ1n) is 11.4. The molecule has 3 aromatic rings. The van der Waals surface area contributed by atoms with Crippen LogP contribution in [0.25, 0.3) is 5.76 Å². The number of carbonyl (C=O) groups is 2. The van der Waals surface area contributed by atoms with Crippen LogP contribution < -0.4 is 14.4 Å². The van der Waals surface area contributed by atoms with Gasteiger partial charge in [-0.3, -0.25) is 14.5 Å². The lowest BCUT2D eigenvalue weighted by Crippen LogP contribution is -2.30. The first kappa shape index (κ1) is 24.1. The van der Waals surface area contributed by atoms with Crippen LogP contribution in [0.1, 0.15) is 39.4 Å². The molecule has 0 aromatic heterocycles. The zero-order valence-electron chi connectivity index (χ0n) is 20.8. The van der Waals surface area contributed by atoms with Crippen LogP contribution in [0, 0.1) is 27.7 Å². The van der Waals surface area contributed by atoms with Crippen molar-refractivity contribution in [2.45, 2.75) is 33.7 Å². The van der Waals surface area contributed by atoms with E-state index in [0.717, 1.165) is 22.3 Å². The molecule has 1 unspecified atom stereocenters. The molecule has 0 bridgehead atoms. The van der Waals surface area contributed by atoms with Crippen molar-refractivity contribution in [1.82, 2.24) is 0 Å². The van der Waals surface area contributed by atoms with Crippen molar-refractivity contribution >= 4 is 23.1 Å². The lowest BCUT2D eigenvalue weighted by atomic mass is 9.93. The van der Waals surface area contributed by atoms with E-state index in [-0.39, 0.29) is 11.3 Å².